The normalized spacial score (nSPS) is 20.8. The molecule has 0 saturated carbocycles. The summed E-state index contributed by atoms with van der Waals surface area (Å²) in [7, 11) is -2.56. The fraction of sp³-hybridized carbons (Fsp3) is 0.636. The molecule has 2 heterocycles. The van der Waals surface area contributed by atoms with Gasteiger partial charge in [0.15, 0.2) is 9.90 Å². The topological polar surface area (TPSA) is 85.8 Å². The quantitative estimate of drug-likeness (QED) is 0.760. The molecule has 1 atom stereocenters. The summed E-state index contributed by atoms with van der Waals surface area (Å²) in [5.74, 6) is -0.744. The van der Waals surface area contributed by atoms with Gasteiger partial charge in [-0.2, -0.15) is 4.31 Å². The van der Waals surface area contributed by atoms with Crippen LogP contribution >= 0.6 is 11.3 Å². The number of nitrogens with zero attached hydrogens (tertiary/aromatic N) is 2. The lowest BCUT2D eigenvalue weighted by molar-refractivity contribution is 0.0314. The lowest BCUT2D eigenvalue weighted by atomic mass is 10.2. The van der Waals surface area contributed by atoms with Crippen LogP contribution in [-0.2, 0) is 19.5 Å². The molecule has 1 unspecified atom stereocenters. The molecule has 112 valence electrons. The minimum atomic E-state index is -3.76. The molecule has 20 heavy (non-hydrogen) atoms. The zero-order valence-corrected chi connectivity index (χ0v) is 12.9. The molecule has 2 rings (SSSR count). The summed E-state index contributed by atoms with van der Waals surface area (Å²) in [4.78, 5) is 15.4. The molecule has 1 aromatic heterocycles. The first-order valence-electron chi connectivity index (χ1n) is 6.13. The van der Waals surface area contributed by atoms with Gasteiger partial charge in [0.2, 0.25) is 0 Å². The van der Waals surface area contributed by atoms with Crippen molar-refractivity contribution in [2.45, 2.75) is 23.6 Å². The Hall–Kier alpha value is -1.03. The Morgan fingerprint density at radius 1 is 1.65 bits per heavy atom. The number of hydrogen-bond donors (Lipinski definition) is 0. The third-order valence-electron chi connectivity index (χ3n) is 3.10. The van der Waals surface area contributed by atoms with E-state index in [9.17, 15) is 13.2 Å². The Bertz CT molecular complexity index is 583. The first-order valence-corrected chi connectivity index (χ1v) is 8.45. The Morgan fingerprint density at radius 2 is 2.40 bits per heavy atom. The van der Waals surface area contributed by atoms with Crippen molar-refractivity contribution < 1.29 is 22.7 Å². The number of rotatable bonds is 4. The Kier molecular flexibility index (Phi) is 4.74. The molecule has 0 radical (unpaired) electrons. The summed E-state index contributed by atoms with van der Waals surface area (Å²) in [5, 5.41) is 0. The van der Waals surface area contributed by atoms with E-state index < -0.39 is 16.0 Å². The van der Waals surface area contributed by atoms with Gasteiger partial charge < -0.3 is 9.47 Å². The van der Waals surface area contributed by atoms with Crippen LogP contribution in [0.3, 0.4) is 0 Å². The number of esters is 1. The maximum absolute atomic E-state index is 12.7. The summed E-state index contributed by atoms with van der Waals surface area (Å²) < 4.78 is 36.6. The second-order valence-electron chi connectivity index (χ2n) is 4.23. The Morgan fingerprint density at radius 3 is 3.05 bits per heavy atom. The largest absolute Gasteiger partial charge is 0.464 e. The van der Waals surface area contributed by atoms with Gasteiger partial charge in [-0.3, -0.25) is 0 Å². The number of ether oxygens (including phenoxy) is 2. The minimum absolute atomic E-state index is 0.0651. The number of aromatic nitrogens is 1. The van der Waals surface area contributed by atoms with Crippen molar-refractivity contribution in [3.05, 3.63) is 11.2 Å². The molecule has 0 N–H and O–H groups in total. The maximum Gasteiger partial charge on any atom is 0.358 e. The van der Waals surface area contributed by atoms with Crippen LogP contribution in [-0.4, -0.2) is 56.6 Å². The molecule has 0 spiro atoms. The predicted molar refractivity (Wildman–Crippen MR) is 72.2 cm³/mol. The fourth-order valence-electron chi connectivity index (χ4n) is 2.04. The van der Waals surface area contributed by atoms with Gasteiger partial charge in [0.1, 0.15) is 0 Å². The SMILES string of the molecule is CCC1COCCN1S(=O)(=O)c1scnc1C(=O)OC. The molecule has 1 saturated heterocycles. The van der Waals surface area contributed by atoms with Gasteiger partial charge in [-0.15, -0.1) is 11.3 Å². The van der Waals surface area contributed by atoms with E-state index >= 15 is 0 Å². The summed E-state index contributed by atoms with van der Waals surface area (Å²) in [6, 6.07) is -0.221. The van der Waals surface area contributed by atoms with Gasteiger partial charge in [-0.05, 0) is 6.42 Å². The highest BCUT2D eigenvalue weighted by Gasteiger charge is 2.37. The molecule has 7 nitrogen and oxygen atoms in total. The van der Waals surface area contributed by atoms with Crippen molar-refractivity contribution >= 4 is 27.3 Å². The first-order chi connectivity index (χ1) is 9.52. The number of methoxy groups -OCH3 is 1. The third-order valence-corrected chi connectivity index (χ3v) is 6.40. The van der Waals surface area contributed by atoms with Crippen LogP contribution in [0.25, 0.3) is 0 Å². The van der Waals surface area contributed by atoms with Crippen LogP contribution < -0.4 is 0 Å². The van der Waals surface area contributed by atoms with Crippen LogP contribution in [0.2, 0.25) is 0 Å². The summed E-state index contributed by atoms with van der Waals surface area (Å²) in [5.41, 5.74) is 1.18. The lowest BCUT2D eigenvalue weighted by Gasteiger charge is -2.33. The molecule has 0 aliphatic carbocycles. The van der Waals surface area contributed by atoms with Crippen molar-refractivity contribution in [2.24, 2.45) is 0 Å². The van der Waals surface area contributed by atoms with Gasteiger partial charge >= 0.3 is 5.97 Å². The molecule has 1 aliphatic heterocycles. The molecule has 1 fully saturated rings. The van der Waals surface area contributed by atoms with Gasteiger partial charge in [0, 0.05) is 12.6 Å². The monoisotopic (exact) mass is 320 g/mol. The second kappa shape index (κ2) is 6.17. The lowest BCUT2D eigenvalue weighted by Crippen LogP contribution is -2.48. The number of carbonyl (C=O) groups is 1. The van der Waals surface area contributed by atoms with Gasteiger partial charge in [-0.25, -0.2) is 18.2 Å². The second-order valence-corrected chi connectivity index (χ2v) is 7.17. The molecule has 0 bridgehead atoms. The highest BCUT2D eigenvalue weighted by atomic mass is 32.2. The van der Waals surface area contributed by atoms with Crippen LogP contribution in [0.15, 0.2) is 9.72 Å². The van der Waals surface area contributed by atoms with Crippen molar-refractivity contribution in [3.63, 3.8) is 0 Å². The van der Waals surface area contributed by atoms with E-state index in [0.717, 1.165) is 11.3 Å². The predicted octanol–water partition coefficient (Wildman–Crippen LogP) is 0.729. The van der Waals surface area contributed by atoms with Gasteiger partial charge in [0.05, 0.1) is 25.8 Å². The summed E-state index contributed by atoms with van der Waals surface area (Å²) in [6.45, 7) is 2.89. The first kappa shape index (κ1) is 15.4. The van der Waals surface area contributed by atoms with Crippen LogP contribution in [0.5, 0.6) is 0 Å². The van der Waals surface area contributed by atoms with Gasteiger partial charge in [0.25, 0.3) is 10.0 Å². The zero-order chi connectivity index (χ0) is 14.8. The van der Waals surface area contributed by atoms with E-state index in [0.29, 0.717) is 19.6 Å². The Balaban J connectivity index is 2.39. The van der Waals surface area contributed by atoms with E-state index in [4.69, 9.17) is 4.74 Å². The zero-order valence-electron chi connectivity index (χ0n) is 11.2. The van der Waals surface area contributed by atoms with Crippen molar-refractivity contribution in [1.82, 2.24) is 9.29 Å². The summed E-state index contributed by atoms with van der Waals surface area (Å²) >= 11 is 0.924. The van der Waals surface area contributed by atoms with Crippen molar-refractivity contribution in [2.75, 3.05) is 26.9 Å². The molecule has 0 amide bonds. The van der Waals surface area contributed by atoms with E-state index in [-0.39, 0.29) is 22.5 Å². The van der Waals surface area contributed by atoms with Crippen LogP contribution in [0.4, 0.5) is 0 Å². The van der Waals surface area contributed by atoms with Crippen molar-refractivity contribution in [3.8, 4) is 0 Å². The average Bonchev–Trinajstić information content (AvgIpc) is 2.96. The summed E-state index contributed by atoms with van der Waals surface area (Å²) in [6.07, 6.45) is 0.644. The van der Waals surface area contributed by atoms with E-state index in [1.54, 1.807) is 0 Å². The van der Waals surface area contributed by atoms with E-state index in [2.05, 4.69) is 9.72 Å². The van der Waals surface area contributed by atoms with Crippen LogP contribution in [0.1, 0.15) is 23.8 Å². The standard InChI is InChI=1S/C11H16N2O5S2/c1-3-8-6-18-5-4-13(8)20(15,16)11-9(10(14)17-2)12-7-19-11/h7-8H,3-6H2,1-2H3. The number of hydrogen-bond acceptors (Lipinski definition) is 7. The number of thiazole rings is 1. The molecule has 1 aliphatic rings. The Labute approximate surface area is 121 Å². The third kappa shape index (κ3) is 2.71. The van der Waals surface area contributed by atoms with Crippen LogP contribution in [0, 0.1) is 0 Å². The van der Waals surface area contributed by atoms with E-state index in [1.807, 2.05) is 6.92 Å². The fourth-order valence-corrected chi connectivity index (χ4v) is 4.95. The van der Waals surface area contributed by atoms with Gasteiger partial charge in [-0.1, -0.05) is 6.92 Å². The number of carbonyl (C=O) groups excluding carboxylic acids is 1. The molecular formula is C11H16N2O5S2. The number of morpholine rings is 1. The molecule has 0 aromatic carbocycles. The average molecular weight is 320 g/mol. The van der Waals surface area contributed by atoms with E-state index in [1.165, 1.54) is 16.9 Å². The molecular weight excluding hydrogens is 304 g/mol. The molecule has 1 aromatic rings. The highest BCUT2D eigenvalue weighted by molar-refractivity contribution is 7.91. The smallest absolute Gasteiger partial charge is 0.358 e. The minimum Gasteiger partial charge on any atom is -0.464 e. The molecule has 9 heteroatoms. The number of sulfonamides is 1. The highest BCUT2D eigenvalue weighted by Crippen LogP contribution is 2.28. The van der Waals surface area contributed by atoms with Crippen molar-refractivity contribution in [1.29, 1.82) is 0 Å². The maximum atomic E-state index is 12.7.